The fraction of sp³-hybridized carbons (Fsp3) is 0.412. The molecule has 0 saturated carbocycles. The molecule has 3 rings (SSSR count). The number of benzene rings is 1. The van der Waals surface area contributed by atoms with Crippen molar-refractivity contribution < 1.29 is 4.84 Å². The van der Waals surface area contributed by atoms with Crippen molar-refractivity contribution in [3.05, 3.63) is 30.1 Å². The number of anilines is 1. The second-order valence-corrected chi connectivity index (χ2v) is 6.21. The third-order valence-corrected chi connectivity index (χ3v) is 3.91. The van der Waals surface area contributed by atoms with E-state index in [2.05, 4.69) is 29.5 Å². The monoisotopic (exact) mass is 313 g/mol. The molecule has 0 radical (unpaired) electrons. The fourth-order valence-electron chi connectivity index (χ4n) is 2.85. The number of hydrogen-bond donors (Lipinski definition) is 1. The SMILES string of the molecule is CON(C)Cc1nc2c(N)nc3ccccc3c2n1CC(C)C. The molecule has 0 bridgehead atoms. The van der Waals surface area contributed by atoms with E-state index in [0.29, 0.717) is 18.3 Å². The van der Waals surface area contributed by atoms with E-state index in [1.807, 2.05) is 25.2 Å². The van der Waals surface area contributed by atoms with Gasteiger partial charge in [-0.3, -0.25) is 0 Å². The maximum absolute atomic E-state index is 6.17. The van der Waals surface area contributed by atoms with Gasteiger partial charge in [-0.25, -0.2) is 9.97 Å². The number of para-hydroxylation sites is 1. The number of nitrogens with two attached hydrogens (primary N) is 1. The van der Waals surface area contributed by atoms with Gasteiger partial charge in [-0.15, -0.1) is 0 Å². The molecular formula is C17H23N5O. The maximum Gasteiger partial charge on any atom is 0.152 e. The van der Waals surface area contributed by atoms with Crippen LogP contribution < -0.4 is 5.73 Å². The number of rotatable bonds is 5. The third-order valence-electron chi connectivity index (χ3n) is 3.91. The predicted octanol–water partition coefficient (Wildman–Crippen LogP) is 2.82. The number of aromatic nitrogens is 3. The average Bonchev–Trinajstić information content (AvgIpc) is 2.86. The Kier molecular flexibility index (Phi) is 4.19. The summed E-state index contributed by atoms with van der Waals surface area (Å²) < 4.78 is 2.25. The zero-order valence-electron chi connectivity index (χ0n) is 14.1. The third kappa shape index (κ3) is 2.87. The zero-order chi connectivity index (χ0) is 16.6. The lowest BCUT2D eigenvalue weighted by atomic mass is 10.1. The first kappa shape index (κ1) is 15.7. The van der Waals surface area contributed by atoms with Gasteiger partial charge in [-0.05, 0) is 12.0 Å². The number of hydrogen-bond acceptors (Lipinski definition) is 5. The van der Waals surface area contributed by atoms with E-state index in [9.17, 15) is 0 Å². The lowest BCUT2D eigenvalue weighted by molar-refractivity contribution is -0.118. The van der Waals surface area contributed by atoms with Gasteiger partial charge in [0.15, 0.2) is 5.82 Å². The van der Waals surface area contributed by atoms with Crippen molar-refractivity contribution in [2.75, 3.05) is 19.9 Å². The average molecular weight is 313 g/mol. The van der Waals surface area contributed by atoms with Crippen LogP contribution in [0.1, 0.15) is 19.7 Å². The van der Waals surface area contributed by atoms with Gasteiger partial charge in [0.25, 0.3) is 0 Å². The Morgan fingerprint density at radius 3 is 2.70 bits per heavy atom. The molecular weight excluding hydrogens is 290 g/mol. The summed E-state index contributed by atoms with van der Waals surface area (Å²) in [6.45, 7) is 5.85. The van der Waals surface area contributed by atoms with Crippen LogP contribution in [0.25, 0.3) is 21.9 Å². The number of hydroxylamine groups is 2. The smallest absolute Gasteiger partial charge is 0.152 e. The molecule has 2 heterocycles. The van der Waals surface area contributed by atoms with Crippen LogP contribution in [-0.4, -0.2) is 33.8 Å². The molecule has 0 aliphatic heterocycles. The van der Waals surface area contributed by atoms with Crippen LogP contribution in [-0.2, 0) is 17.9 Å². The second-order valence-electron chi connectivity index (χ2n) is 6.21. The van der Waals surface area contributed by atoms with Crippen molar-refractivity contribution >= 4 is 27.8 Å². The molecule has 122 valence electrons. The van der Waals surface area contributed by atoms with Crippen LogP contribution in [0.4, 0.5) is 5.82 Å². The van der Waals surface area contributed by atoms with Crippen molar-refractivity contribution in [3.8, 4) is 0 Å². The van der Waals surface area contributed by atoms with Crippen molar-refractivity contribution in [3.63, 3.8) is 0 Å². The molecule has 3 aromatic rings. The van der Waals surface area contributed by atoms with Gasteiger partial charge in [-0.1, -0.05) is 32.0 Å². The van der Waals surface area contributed by atoms with Crippen LogP contribution in [0.2, 0.25) is 0 Å². The summed E-state index contributed by atoms with van der Waals surface area (Å²) in [5, 5.41) is 2.83. The highest BCUT2D eigenvalue weighted by Crippen LogP contribution is 2.29. The molecule has 2 N–H and O–H groups in total. The van der Waals surface area contributed by atoms with Gasteiger partial charge >= 0.3 is 0 Å². The van der Waals surface area contributed by atoms with E-state index in [1.54, 1.807) is 12.2 Å². The summed E-state index contributed by atoms with van der Waals surface area (Å²) in [6.07, 6.45) is 0. The van der Waals surface area contributed by atoms with Crippen molar-refractivity contribution in [1.82, 2.24) is 19.6 Å². The van der Waals surface area contributed by atoms with E-state index in [-0.39, 0.29) is 0 Å². The summed E-state index contributed by atoms with van der Waals surface area (Å²) in [5.41, 5.74) is 8.89. The number of nitrogens with zero attached hydrogens (tertiary/aromatic N) is 4. The molecule has 0 fully saturated rings. The molecule has 0 unspecified atom stereocenters. The van der Waals surface area contributed by atoms with Crippen LogP contribution in [0.3, 0.4) is 0 Å². The van der Waals surface area contributed by atoms with Crippen LogP contribution in [0.15, 0.2) is 24.3 Å². The molecule has 0 aliphatic carbocycles. The van der Waals surface area contributed by atoms with E-state index >= 15 is 0 Å². The van der Waals surface area contributed by atoms with Crippen molar-refractivity contribution in [1.29, 1.82) is 0 Å². The van der Waals surface area contributed by atoms with Gasteiger partial charge in [0, 0.05) is 19.0 Å². The topological polar surface area (TPSA) is 69.2 Å². The molecule has 0 aliphatic rings. The van der Waals surface area contributed by atoms with Gasteiger partial charge in [0.05, 0.1) is 24.7 Å². The molecule has 0 saturated heterocycles. The summed E-state index contributed by atoms with van der Waals surface area (Å²) in [5.74, 6) is 1.90. The van der Waals surface area contributed by atoms with E-state index < -0.39 is 0 Å². The molecule has 6 heteroatoms. The first-order valence-electron chi connectivity index (χ1n) is 7.79. The lowest BCUT2D eigenvalue weighted by Gasteiger charge is -2.16. The summed E-state index contributed by atoms with van der Waals surface area (Å²) in [7, 11) is 3.54. The Labute approximate surface area is 135 Å². The number of pyridine rings is 1. The quantitative estimate of drug-likeness (QED) is 0.734. The fourth-order valence-corrected chi connectivity index (χ4v) is 2.85. The molecule has 23 heavy (non-hydrogen) atoms. The minimum atomic E-state index is 0.475. The standard InChI is InChI=1S/C17H23N5O/c1-11(2)9-22-14(10-21(3)23-4)20-15-16(22)12-7-5-6-8-13(12)19-17(15)18/h5-8,11H,9-10H2,1-4H3,(H2,18,19). The Bertz CT molecular complexity index is 840. The largest absolute Gasteiger partial charge is 0.382 e. The highest BCUT2D eigenvalue weighted by atomic mass is 16.7. The van der Waals surface area contributed by atoms with Gasteiger partial charge in [0.2, 0.25) is 0 Å². The number of fused-ring (bicyclic) bond motifs is 3. The van der Waals surface area contributed by atoms with Crippen LogP contribution in [0, 0.1) is 5.92 Å². The first-order valence-corrected chi connectivity index (χ1v) is 7.79. The van der Waals surface area contributed by atoms with Crippen LogP contribution in [0.5, 0.6) is 0 Å². The van der Waals surface area contributed by atoms with Crippen molar-refractivity contribution in [2.24, 2.45) is 5.92 Å². The Morgan fingerprint density at radius 1 is 1.26 bits per heavy atom. The molecule has 6 nitrogen and oxygen atoms in total. The van der Waals surface area contributed by atoms with E-state index in [0.717, 1.165) is 34.3 Å². The van der Waals surface area contributed by atoms with E-state index in [1.165, 1.54) is 0 Å². The molecule has 0 spiro atoms. The first-order chi connectivity index (χ1) is 11.0. The molecule has 1 aromatic carbocycles. The van der Waals surface area contributed by atoms with Crippen LogP contribution >= 0.6 is 0 Å². The maximum atomic E-state index is 6.17. The van der Waals surface area contributed by atoms with Gasteiger partial charge in [-0.2, -0.15) is 5.06 Å². The Balaban J connectivity index is 2.31. The minimum absolute atomic E-state index is 0.475. The highest BCUT2D eigenvalue weighted by molar-refractivity contribution is 6.06. The highest BCUT2D eigenvalue weighted by Gasteiger charge is 2.18. The van der Waals surface area contributed by atoms with Gasteiger partial charge < -0.3 is 15.1 Å². The number of nitrogen functional groups attached to an aromatic ring is 1. The Hall–Kier alpha value is -2.18. The normalized spacial score (nSPS) is 12.1. The summed E-state index contributed by atoms with van der Waals surface area (Å²) in [4.78, 5) is 14.5. The lowest BCUT2D eigenvalue weighted by Crippen LogP contribution is -2.20. The number of imidazole rings is 1. The Morgan fingerprint density at radius 2 is 2.00 bits per heavy atom. The molecule has 0 amide bonds. The second kappa shape index (κ2) is 6.14. The minimum Gasteiger partial charge on any atom is -0.382 e. The molecule has 2 aromatic heterocycles. The molecule has 0 atom stereocenters. The van der Waals surface area contributed by atoms with Crippen molar-refractivity contribution in [2.45, 2.75) is 26.9 Å². The zero-order valence-corrected chi connectivity index (χ0v) is 14.1. The summed E-state index contributed by atoms with van der Waals surface area (Å²) >= 11 is 0. The van der Waals surface area contributed by atoms with Gasteiger partial charge in [0.1, 0.15) is 11.3 Å². The van der Waals surface area contributed by atoms with E-state index in [4.69, 9.17) is 15.6 Å². The summed E-state index contributed by atoms with van der Waals surface area (Å²) in [6, 6.07) is 8.06. The predicted molar refractivity (Wildman–Crippen MR) is 92.8 cm³/mol.